The first-order valence-corrected chi connectivity index (χ1v) is 14.3. The van der Waals surface area contributed by atoms with Crippen LogP contribution in [0.4, 0.5) is 10.9 Å². The van der Waals surface area contributed by atoms with Crippen molar-refractivity contribution in [3.05, 3.63) is 94.8 Å². The van der Waals surface area contributed by atoms with Gasteiger partial charge in [0.2, 0.25) is 0 Å². The van der Waals surface area contributed by atoms with Crippen molar-refractivity contribution in [2.75, 3.05) is 19.1 Å². The van der Waals surface area contributed by atoms with E-state index in [-0.39, 0.29) is 0 Å². The Morgan fingerprint density at radius 3 is 2.49 bits per heavy atom. The van der Waals surface area contributed by atoms with Crippen molar-refractivity contribution in [1.29, 1.82) is 0 Å². The Morgan fingerprint density at radius 1 is 0.974 bits per heavy atom. The molecular weight excluding hydrogens is 526 g/mol. The molecule has 198 valence electrons. The molecule has 0 aliphatic carbocycles. The van der Waals surface area contributed by atoms with Gasteiger partial charge in [-0.15, -0.1) is 22.7 Å². The van der Waals surface area contributed by atoms with Crippen LogP contribution in [0.25, 0.3) is 21.7 Å². The van der Waals surface area contributed by atoms with Crippen molar-refractivity contribution in [2.24, 2.45) is 5.92 Å². The molecule has 0 saturated heterocycles. The average Bonchev–Trinajstić information content (AvgIpc) is 3.63. The molecule has 0 radical (unpaired) electrons. The van der Waals surface area contributed by atoms with Crippen molar-refractivity contribution in [3.8, 4) is 33.2 Å². The average molecular weight is 556 g/mol. The first-order chi connectivity index (χ1) is 18.9. The van der Waals surface area contributed by atoms with E-state index in [0.717, 1.165) is 44.7 Å². The van der Waals surface area contributed by atoms with Crippen molar-refractivity contribution in [2.45, 2.75) is 20.3 Å². The molecule has 0 fully saturated rings. The Kier molecular flexibility index (Phi) is 8.05. The van der Waals surface area contributed by atoms with E-state index in [2.05, 4.69) is 19.9 Å². The molecule has 39 heavy (non-hydrogen) atoms. The minimum atomic E-state index is -0.437. The molecule has 6 nitrogen and oxygen atoms in total. The number of carbonyl (C=O) groups excluding carboxylic acids is 1. The highest BCUT2D eigenvalue weighted by Crippen LogP contribution is 2.39. The number of nitrogens with zero attached hydrogens (tertiary/aromatic N) is 3. The van der Waals surface area contributed by atoms with Gasteiger partial charge >= 0.3 is 5.97 Å². The van der Waals surface area contributed by atoms with Gasteiger partial charge in [0.05, 0.1) is 12.8 Å². The SMILES string of the molecule is COC(=O)c1cc(-c2cccs2)cnc1N(C)c1nc(-c2cccc(Oc3ccccc3)c2)c(CC(C)C)s1. The summed E-state index contributed by atoms with van der Waals surface area (Å²) >= 11 is 3.21. The summed E-state index contributed by atoms with van der Waals surface area (Å²) in [6, 6.07) is 23.5. The van der Waals surface area contributed by atoms with E-state index in [9.17, 15) is 4.79 Å². The van der Waals surface area contributed by atoms with E-state index >= 15 is 0 Å². The monoisotopic (exact) mass is 555 g/mol. The summed E-state index contributed by atoms with van der Waals surface area (Å²) in [4.78, 5) is 26.6. The third-order valence-electron chi connectivity index (χ3n) is 6.05. The van der Waals surface area contributed by atoms with Crippen LogP contribution in [0.5, 0.6) is 11.5 Å². The van der Waals surface area contributed by atoms with Crippen LogP contribution in [0.2, 0.25) is 0 Å². The largest absolute Gasteiger partial charge is 0.465 e. The fraction of sp³-hybridized carbons (Fsp3) is 0.194. The molecule has 0 spiro atoms. The number of pyridine rings is 1. The van der Waals surface area contributed by atoms with E-state index in [1.54, 1.807) is 28.9 Å². The van der Waals surface area contributed by atoms with Gasteiger partial charge in [0.15, 0.2) is 5.13 Å². The number of carbonyl (C=O) groups is 1. The Labute approximate surface area is 236 Å². The second-order valence-electron chi connectivity index (χ2n) is 9.43. The van der Waals surface area contributed by atoms with Crippen molar-refractivity contribution in [3.63, 3.8) is 0 Å². The van der Waals surface area contributed by atoms with Gasteiger partial charge in [-0.1, -0.05) is 50.2 Å². The van der Waals surface area contributed by atoms with Crippen molar-refractivity contribution >= 4 is 39.6 Å². The second-order valence-corrected chi connectivity index (χ2v) is 11.4. The summed E-state index contributed by atoms with van der Waals surface area (Å²) in [5.41, 5.74) is 3.15. The van der Waals surface area contributed by atoms with Gasteiger partial charge in [-0.2, -0.15) is 0 Å². The Balaban J connectivity index is 1.53. The zero-order chi connectivity index (χ0) is 27.4. The zero-order valence-electron chi connectivity index (χ0n) is 22.3. The molecule has 0 N–H and O–H groups in total. The molecular formula is C31H29N3O3S2. The van der Waals surface area contributed by atoms with Crippen LogP contribution < -0.4 is 9.64 Å². The molecule has 8 heteroatoms. The molecule has 0 bridgehead atoms. The quantitative estimate of drug-likeness (QED) is 0.170. The van der Waals surface area contributed by atoms with Crippen molar-refractivity contribution < 1.29 is 14.3 Å². The molecule has 5 rings (SSSR count). The summed E-state index contributed by atoms with van der Waals surface area (Å²) in [5.74, 6) is 2.03. The van der Waals surface area contributed by atoms with E-state index in [1.165, 1.54) is 12.0 Å². The first kappa shape index (κ1) is 26.6. The number of para-hydroxylation sites is 1. The summed E-state index contributed by atoms with van der Waals surface area (Å²) in [7, 11) is 3.27. The van der Waals surface area contributed by atoms with Crippen LogP contribution in [-0.2, 0) is 11.2 Å². The van der Waals surface area contributed by atoms with Crippen LogP contribution in [0, 0.1) is 5.92 Å². The van der Waals surface area contributed by atoms with Crippen LogP contribution in [0.1, 0.15) is 29.1 Å². The molecule has 5 aromatic rings. The van der Waals surface area contributed by atoms with Gasteiger partial charge in [0.25, 0.3) is 0 Å². The van der Waals surface area contributed by atoms with E-state index in [0.29, 0.717) is 17.3 Å². The number of ether oxygens (including phenoxy) is 2. The summed E-state index contributed by atoms with van der Waals surface area (Å²) in [6.07, 6.45) is 2.66. The number of aromatic nitrogens is 2. The lowest BCUT2D eigenvalue weighted by Gasteiger charge is -2.18. The van der Waals surface area contributed by atoms with E-state index in [1.807, 2.05) is 84.1 Å². The number of benzene rings is 2. The molecule has 3 heterocycles. The molecule has 0 amide bonds. The smallest absolute Gasteiger partial charge is 0.341 e. The number of thiazole rings is 1. The summed E-state index contributed by atoms with van der Waals surface area (Å²) < 4.78 is 11.2. The lowest BCUT2D eigenvalue weighted by Crippen LogP contribution is -2.16. The fourth-order valence-corrected chi connectivity index (χ4v) is 6.17. The molecule has 3 aromatic heterocycles. The second kappa shape index (κ2) is 11.8. The van der Waals surface area contributed by atoms with Gasteiger partial charge in [-0.25, -0.2) is 14.8 Å². The highest BCUT2D eigenvalue weighted by atomic mass is 32.1. The van der Waals surface area contributed by atoms with Crippen molar-refractivity contribution in [1.82, 2.24) is 9.97 Å². The van der Waals surface area contributed by atoms with E-state index < -0.39 is 5.97 Å². The number of thiophene rings is 1. The van der Waals surface area contributed by atoms with Gasteiger partial charge in [0.1, 0.15) is 22.9 Å². The minimum Gasteiger partial charge on any atom is -0.465 e. The molecule has 0 aliphatic rings. The first-order valence-electron chi connectivity index (χ1n) is 12.6. The van der Waals surface area contributed by atoms with Crippen LogP contribution in [0.15, 0.2) is 84.4 Å². The Morgan fingerprint density at radius 2 is 1.77 bits per heavy atom. The molecule has 0 unspecified atom stereocenters. The molecule has 0 aliphatic heterocycles. The maximum absolute atomic E-state index is 12.8. The topological polar surface area (TPSA) is 64.5 Å². The number of hydrogen-bond acceptors (Lipinski definition) is 8. The molecule has 2 aromatic carbocycles. The minimum absolute atomic E-state index is 0.395. The Bertz CT molecular complexity index is 1560. The third-order valence-corrected chi connectivity index (χ3v) is 8.12. The fourth-order valence-electron chi connectivity index (χ4n) is 4.20. The number of rotatable bonds is 9. The lowest BCUT2D eigenvalue weighted by atomic mass is 10.0. The standard InChI is InChI=1S/C31H29N3O3S2/c1-20(2)16-27-28(21-10-8-13-24(17-21)37-23-11-6-5-7-12-23)33-31(39-27)34(3)29-25(30(35)36-4)18-22(19-32-29)26-14-9-15-38-26/h5-15,17-20H,16H2,1-4H3. The van der Waals surface area contributed by atoms with Gasteiger partial charge in [0, 0.05) is 34.1 Å². The van der Waals surface area contributed by atoms with Crippen LogP contribution >= 0.6 is 22.7 Å². The zero-order valence-corrected chi connectivity index (χ0v) is 23.9. The van der Waals surface area contributed by atoms with Crippen LogP contribution in [0.3, 0.4) is 0 Å². The van der Waals surface area contributed by atoms with Gasteiger partial charge in [-0.3, -0.25) is 0 Å². The molecule has 0 saturated carbocycles. The number of hydrogen-bond donors (Lipinski definition) is 0. The third kappa shape index (κ3) is 6.02. The summed E-state index contributed by atoms with van der Waals surface area (Å²) in [6.45, 7) is 4.39. The van der Waals surface area contributed by atoms with Gasteiger partial charge in [-0.05, 0) is 54.1 Å². The highest BCUT2D eigenvalue weighted by Gasteiger charge is 2.23. The van der Waals surface area contributed by atoms with E-state index in [4.69, 9.17) is 19.4 Å². The maximum Gasteiger partial charge on any atom is 0.341 e. The Hall–Kier alpha value is -4.01. The highest BCUT2D eigenvalue weighted by molar-refractivity contribution is 7.16. The normalized spacial score (nSPS) is 11.0. The van der Waals surface area contributed by atoms with Gasteiger partial charge < -0.3 is 14.4 Å². The number of methoxy groups -OCH3 is 1. The number of anilines is 2. The summed E-state index contributed by atoms with van der Waals surface area (Å²) in [5, 5.41) is 2.75. The number of esters is 1. The van der Waals surface area contributed by atoms with Crippen LogP contribution in [-0.4, -0.2) is 30.1 Å². The molecule has 0 atom stereocenters. The maximum atomic E-state index is 12.8. The predicted octanol–water partition coefficient (Wildman–Crippen LogP) is 8.48. The lowest BCUT2D eigenvalue weighted by molar-refractivity contribution is 0.0601. The predicted molar refractivity (Wildman–Crippen MR) is 160 cm³/mol.